The highest BCUT2D eigenvalue weighted by Crippen LogP contribution is 2.30. The highest BCUT2D eigenvalue weighted by molar-refractivity contribution is 5.94. The molecule has 2 amide bonds. The molecule has 1 aliphatic heterocycles. The summed E-state index contributed by atoms with van der Waals surface area (Å²) in [5, 5.41) is 1.36. The minimum Gasteiger partial charge on any atom is -0.495 e. The third-order valence-electron chi connectivity index (χ3n) is 5.83. The number of carbonyl (C=O) groups is 2. The van der Waals surface area contributed by atoms with Crippen molar-refractivity contribution in [2.75, 3.05) is 13.7 Å². The Labute approximate surface area is 197 Å². The van der Waals surface area contributed by atoms with Gasteiger partial charge in [-0.1, -0.05) is 25.1 Å². The van der Waals surface area contributed by atoms with Gasteiger partial charge >= 0.3 is 0 Å². The van der Waals surface area contributed by atoms with Crippen LogP contribution in [0.15, 0.2) is 61.1 Å². The van der Waals surface area contributed by atoms with E-state index < -0.39 is 11.8 Å². The third kappa shape index (κ3) is 5.17. The number of nitrogens with one attached hydrogen (secondary N) is 1. The average Bonchev–Trinajstić information content (AvgIpc) is 3.26. The van der Waals surface area contributed by atoms with Crippen LogP contribution >= 0.6 is 0 Å². The lowest BCUT2D eigenvalue weighted by atomic mass is 9.85. The largest absolute Gasteiger partial charge is 0.495 e. The number of piperidine rings is 1. The number of hydrazine groups is 1. The van der Waals surface area contributed by atoms with Crippen LogP contribution in [-0.2, 0) is 9.59 Å². The summed E-state index contributed by atoms with van der Waals surface area (Å²) in [5.41, 5.74) is 5.94. The van der Waals surface area contributed by atoms with Crippen LogP contribution in [0.25, 0.3) is 11.8 Å². The monoisotopic (exact) mass is 462 g/mol. The summed E-state index contributed by atoms with van der Waals surface area (Å²) in [5.74, 6) is -0.554. The molecule has 3 aromatic rings. The number of ether oxygens (including phenoxy) is 1. The van der Waals surface area contributed by atoms with Gasteiger partial charge in [-0.05, 0) is 60.7 Å². The molecule has 1 fully saturated rings. The maximum atomic E-state index is 13.3. The molecule has 2 atom stereocenters. The fourth-order valence-electron chi connectivity index (χ4n) is 4.15. The molecule has 34 heavy (non-hydrogen) atoms. The van der Waals surface area contributed by atoms with Crippen LogP contribution in [0.1, 0.15) is 36.1 Å². The van der Waals surface area contributed by atoms with Gasteiger partial charge in [0.2, 0.25) is 5.91 Å². The number of halogens is 1. The highest BCUT2D eigenvalue weighted by atomic mass is 19.1. The van der Waals surface area contributed by atoms with Crippen LogP contribution in [0.2, 0.25) is 0 Å². The molecule has 4 rings (SSSR count). The quantitative estimate of drug-likeness (QED) is 0.562. The summed E-state index contributed by atoms with van der Waals surface area (Å²) in [6, 6.07) is 11.5. The first-order valence-corrected chi connectivity index (χ1v) is 11.1. The smallest absolute Gasteiger partial charge is 0.262 e. The maximum absolute atomic E-state index is 13.3. The SMILES string of the molecule is COc1cc(/C=C/C(=O)NN2CC(C)CC(c3ccc(F)cc3)C2=O)ccc1-n1cnc(C)c1. The number of hydrogen-bond donors (Lipinski definition) is 1. The summed E-state index contributed by atoms with van der Waals surface area (Å²) < 4.78 is 20.7. The number of carbonyl (C=O) groups excluding carboxylic acids is 2. The Hall–Kier alpha value is -3.94. The molecule has 2 heterocycles. The predicted molar refractivity (Wildman–Crippen MR) is 127 cm³/mol. The van der Waals surface area contributed by atoms with Crippen molar-refractivity contribution in [1.82, 2.24) is 20.0 Å². The van der Waals surface area contributed by atoms with Gasteiger partial charge in [-0.3, -0.25) is 20.0 Å². The van der Waals surface area contributed by atoms with E-state index in [2.05, 4.69) is 10.4 Å². The molecule has 0 aliphatic carbocycles. The van der Waals surface area contributed by atoms with E-state index in [0.29, 0.717) is 18.7 Å². The zero-order valence-electron chi connectivity index (χ0n) is 19.4. The summed E-state index contributed by atoms with van der Waals surface area (Å²) in [7, 11) is 1.59. The van der Waals surface area contributed by atoms with Gasteiger partial charge in [0, 0.05) is 18.8 Å². The molecule has 1 saturated heterocycles. The van der Waals surface area contributed by atoms with Crippen LogP contribution in [0.3, 0.4) is 0 Å². The number of rotatable bonds is 6. The fraction of sp³-hybridized carbons (Fsp3) is 0.269. The molecule has 0 bridgehead atoms. The second kappa shape index (κ2) is 9.91. The molecule has 7 nitrogen and oxygen atoms in total. The molecule has 1 aliphatic rings. The number of hydrogen-bond acceptors (Lipinski definition) is 4. The molecule has 0 spiro atoms. The molecule has 1 N–H and O–H groups in total. The topological polar surface area (TPSA) is 76.5 Å². The molecule has 176 valence electrons. The summed E-state index contributed by atoms with van der Waals surface area (Å²) in [6.07, 6.45) is 7.31. The van der Waals surface area contributed by atoms with Gasteiger partial charge in [-0.15, -0.1) is 0 Å². The van der Waals surface area contributed by atoms with Crippen molar-refractivity contribution in [3.63, 3.8) is 0 Å². The Morgan fingerprint density at radius 1 is 1.24 bits per heavy atom. The zero-order valence-corrected chi connectivity index (χ0v) is 19.4. The fourth-order valence-corrected chi connectivity index (χ4v) is 4.15. The van der Waals surface area contributed by atoms with E-state index in [-0.39, 0.29) is 17.6 Å². The summed E-state index contributed by atoms with van der Waals surface area (Å²) >= 11 is 0. The van der Waals surface area contributed by atoms with Crippen molar-refractivity contribution in [3.05, 3.63) is 83.7 Å². The minimum atomic E-state index is -0.419. The molecule has 0 radical (unpaired) electrons. The molecular formula is C26H27FN4O3. The Morgan fingerprint density at radius 3 is 2.68 bits per heavy atom. The number of methoxy groups -OCH3 is 1. The van der Waals surface area contributed by atoms with Crippen LogP contribution in [0.5, 0.6) is 5.75 Å². The van der Waals surface area contributed by atoms with Crippen LogP contribution < -0.4 is 10.2 Å². The van der Waals surface area contributed by atoms with Gasteiger partial charge < -0.3 is 9.30 Å². The number of amides is 2. The lowest BCUT2D eigenvalue weighted by Crippen LogP contribution is -2.52. The standard InChI is InChI=1S/C26H27FN4O3/c1-17-12-22(20-6-8-21(27)9-7-20)26(33)31(14-17)29-25(32)11-5-19-4-10-23(24(13-19)34-3)30-15-18(2)28-16-30/h4-11,13,15-17,22H,12,14H2,1-3H3,(H,29,32)/b11-5+. The van der Waals surface area contributed by atoms with Crippen LogP contribution in [0.4, 0.5) is 4.39 Å². The highest BCUT2D eigenvalue weighted by Gasteiger charge is 2.34. The second-order valence-corrected chi connectivity index (χ2v) is 8.56. The summed E-state index contributed by atoms with van der Waals surface area (Å²) in [6.45, 7) is 4.35. The van der Waals surface area contributed by atoms with Crippen molar-refractivity contribution in [2.24, 2.45) is 5.92 Å². The maximum Gasteiger partial charge on any atom is 0.262 e. The van der Waals surface area contributed by atoms with E-state index >= 15 is 0 Å². The molecule has 1 aromatic heterocycles. The third-order valence-corrected chi connectivity index (χ3v) is 5.83. The van der Waals surface area contributed by atoms with Gasteiger partial charge in [0.1, 0.15) is 11.6 Å². The van der Waals surface area contributed by atoms with E-state index in [1.165, 1.54) is 23.2 Å². The number of aromatic nitrogens is 2. The Kier molecular flexibility index (Phi) is 6.77. The van der Waals surface area contributed by atoms with Crippen molar-refractivity contribution in [1.29, 1.82) is 0 Å². The summed E-state index contributed by atoms with van der Waals surface area (Å²) in [4.78, 5) is 29.8. The van der Waals surface area contributed by atoms with E-state index in [1.807, 2.05) is 42.8 Å². The lowest BCUT2D eigenvalue weighted by Gasteiger charge is -2.35. The average molecular weight is 463 g/mol. The molecule has 0 saturated carbocycles. The first kappa shape index (κ1) is 23.2. The predicted octanol–water partition coefficient (Wildman–Crippen LogP) is 4.03. The Morgan fingerprint density at radius 2 is 2.00 bits per heavy atom. The molecular weight excluding hydrogens is 435 g/mol. The van der Waals surface area contributed by atoms with Gasteiger partial charge in [-0.25, -0.2) is 9.37 Å². The number of nitrogens with zero attached hydrogens (tertiary/aromatic N) is 3. The normalized spacial score (nSPS) is 18.4. The number of aryl methyl sites for hydroxylation is 1. The molecule has 2 unspecified atom stereocenters. The zero-order chi connectivity index (χ0) is 24.2. The number of imidazole rings is 1. The van der Waals surface area contributed by atoms with Gasteiger partial charge in [0.05, 0.1) is 30.7 Å². The number of benzene rings is 2. The lowest BCUT2D eigenvalue weighted by molar-refractivity contribution is -0.145. The van der Waals surface area contributed by atoms with E-state index in [4.69, 9.17) is 4.74 Å². The minimum absolute atomic E-state index is 0.181. The molecule has 2 aromatic carbocycles. The van der Waals surface area contributed by atoms with Gasteiger partial charge in [0.15, 0.2) is 0 Å². The van der Waals surface area contributed by atoms with Crippen molar-refractivity contribution in [2.45, 2.75) is 26.2 Å². The van der Waals surface area contributed by atoms with Crippen molar-refractivity contribution in [3.8, 4) is 11.4 Å². The Bertz CT molecular complexity index is 1220. The van der Waals surface area contributed by atoms with Crippen molar-refractivity contribution < 1.29 is 18.7 Å². The van der Waals surface area contributed by atoms with E-state index in [0.717, 1.165) is 22.5 Å². The van der Waals surface area contributed by atoms with Crippen molar-refractivity contribution >= 4 is 17.9 Å². The van der Waals surface area contributed by atoms with Crippen LogP contribution in [-0.4, -0.2) is 40.0 Å². The van der Waals surface area contributed by atoms with Gasteiger partial charge in [-0.2, -0.15) is 0 Å². The van der Waals surface area contributed by atoms with E-state index in [9.17, 15) is 14.0 Å². The first-order chi connectivity index (χ1) is 16.3. The second-order valence-electron chi connectivity index (χ2n) is 8.56. The Balaban J connectivity index is 1.44. The van der Waals surface area contributed by atoms with Gasteiger partial charge in [0.25, 0.3) is 5.91 Å². The first-order valence-electron chi connectivity index (χ1n) is 11.1. The molecule has 8 heteroatoms. The van der Waals surface area contributed by atoms with E-state index in [1.54, 1.807) is 31.6 Å². The van der Waals surface area contributed by atoms with Crippen LogP contribution in [0, 0.1) is 18.7 Å².